The maximum absolute atomic E-state index is 12.3. The molecule has 3 aromatic carbocycles. The Kier molecular flexibility index (Phi) is 14.0. The van der Waals surface area contributed by atoms with E-state index in [-0.39, 0.29) is 50.6 Å². The van der Waals surface area contributed by atoms with Gasteiger partial charge in [0.1, 0.15) is 16.3 Å². The van der Waals surface area contributed by atoms with E-state index in [0.717, 1.165) is 6.07 Å². The molecule has 0 fully saturated rings. The molecule has 1 unspecified atom stereocenters. The van der Waals surface area contributed by atoms with Crippen molar-refractivity contribution in [1.82, 2.24) is 0 Å². The Morgan fingerprint density at radius 2 is 1.47 bits per heavy atom. The van der Waals surface area contributed by atoms with Crippen LogP contribution < -0.4 is 5.73 Å². The molecule has 3 rings (SSSR count). The molecule has 0 heterocycles. The van der Waals surface area contributed by atoms with Gasteiger partial charge in [0, 0.05) is 4.90 Å². The molecule has 5 N–H and O–H groups in total. The van der Waals surface area contributed by atoms with Crippen molar-refractivity contribution in [1.29, 1.82) is 0 Å². The number of anilines is 1. The van der Waals surface area contributed by atoms with Gasteiger partial charge in [-0.2, -0.15) is 31.4 Å². The summed E-state index contributed by atoms with van der Waals surface area (Å²) in [6.45, 7) is -1.03. The van der Waals surface area contributed by atoms with Crippen LogP contribution in [0.2, 0.25) is 0 Å². The van der Waals surface area contributed by atoms with Crippen LogP contribution in [0.3, 0.4) is 0 Å². The largest absolute Gasteiger partial charge is 0.397 e. The minimum atomic E-state index is -4.79. The molecule has 0 saturated heterocycles. The van der Waals surface area contributed by atoms with Gasteiger partial charge in [0.25, 0.3) is 10.1 Å². The van der Waals surface area contributed by atoms with Crippen molar-refractivity contribution < 1.29 is 66.6 Å². The summed E-state index contributed by atoms with van der Waals surface area (Å²) in [6, 6.07) is 12.9. The Bertz CT molecular complexity index is 1960. The minimum Gasteiger partial charge on any atom is -0.397 e. The van der Waals surface area contributed by atoms with Crippen molar-refractivity contribution in [2.75, 3.05) is 30.5 Å². The molecular weight excluding hydrogens is 735 g/mol. The minimum absolute atomic E-state index is 0.124. The number of nitrogens with zero attached hydrogens (tertiary/aromatic N) is 4. The third-order valence-corrected chi connectivity index (χ3v) is 9.53. The van der Waals surface area contributed by atoms with Gasteiger partial charge in [-0.3, -0.25) is 9.11 Å². The monoisotopic (exact) mass is 757 g/mol. The van der Waals surface area contributed by atoms with E-state index in [0.29, 0.717) is 12.0 Å². The van der Waals surface area contributed by atoms with Gasteiger partial charge < -0.3 is 5.73 Å². The molecule has 1 atom stereocenters. The molecule has 25 heteroatoms. The molecule has 0 aliphatic rings. The van der Waals surface area contributed by atoms with Crippen LogP contribution in [0.5, 0.6) is 0 Å². The molecule has 0 saturated carbocycles. The molecular formula is C22H23N5O15S5. The third-order valence-electron chi connectivity index (χ3n) is 5.17. The van der Waals surface area contributed by atoms with E-state index < -0.39 is 58.7 Å². The third kappa shape index (κ3) is 13.0. The van der Waals surface area contributed by atoms with Crippen molar-refractivity contribution in [3.63, 3.8) is 0 Å². The van der Waals surface area contributed by atoms with Crippen LogP contribution in [0, 0.1) is 0 Å². The molecule has 0 aromatic heterocycles. The number of rotatable bonds is 18. The SMILES string of the molecule is Nc1ccc(N=Nc2ccc(SOOCCS(=O)OOO)cc2S(=O)(=O)O)cc1N=Nc1ccc(S(=O)(=O)CCOS(=O)(=O)O)cc1. The van der Waals surface area contributed by atoms with Crippen LogP contribution >= 0.6 is 12.0 Å². The highest BCUT2D eigenvalue weighted by molar-refractivity contribution is 7.94. The molecule has 0 spiro atoms. The summed E-state index contributed by atoms with van der Waals surface area (Å²) in [5.41, 5.74) is 6.39. The Hall–Kier alpha value is -3.31. The average molecular weight is 758 g/mol. The van der Waals surface area contributed by atoms with Gasteiger partial charge in [0.15, 0.2) is 20.9 Å². The molecule has 0 amide bonds. The Morgan fingerprint density at radius 3 is 2.13 bits per heavy atom. The van der Waals surface area contributed by atoms with Gasteiger partial charge in [-0.05, 0) is 60.7 Å². The van der Waals surface area contributed by atoms with Gasteiger partial charge >= 0.3 is 10.4 Å². The van der Waals surface area contributed by atoms with Crippen molar-refractivity contribution in [2.45, 2.75) is 14.7 Å². The maximum Gasteiger partial charge on any atom is 0.397 e. The number of sulfone groups is 1. The number of hydrogen-bond acceptors (Lipinski definition) is 19. The number of nitrogens with two attached hydrogens (primary N) is 1. The van der Waals surface area contributed by atoms with Gasteiger partial charge in [-0.1, -0.05) is 5.04 Å². The number of azo groups is 2. The predicted molar refractivity (Wildman–Crippen MR) is 162 cm³/mol. The molecule has 256 valence electrons. The summed E-state index contributed by atoms with van der Waals surface area (Å²) < 4.78 is 112. The van der Waals surface area contributed by atoms with Crippen LogP contribution in [-0.4, -0.2) is 68.5 Å². The molecule has 3 aromatic rings. The van der Waals surface area contributed by atoms with E-state index in [1.54, 1.807) is 0 Å². The predicted octanol–water partition coefficient (Wildman–Crippen LogP) is 3.98. The maximum atomic E-state index is 12.3. The first-order valence-corrected chi connectivity index (χ1v) is 18.6. The van der Waals surface area contributed by atoms with E-state index in [2.05, 4.69) is 34.0 Å². The summed E-state index contributed by atoms with van der Waals surface area (Å²) in [5, 5.41) is 27.1. The van der Waals surface area contributed by atoms with E-state index >= 15 is 0 Å². The lowest BCUT2D eigenvalue weighted by Crippen LogP contribution is -2.15. The fourth-order valence-corrected chi connectivity index (χ4v) is 6.13. The molecule has 0 bridgehead atoms. The fraction of sp³-hybridized carbons (Fsp3) is 0.182. The zero-order valence-corrected chi connectivity index (χ0v) is 27.3. The van der Waals surface area contributed by atoms with Crippen LogP contribution in [0.4, 0.5) is 28.4 Å². The lowest BCUT2D eigenvalue weighted by atomic mass is 10.2. The average Bonchev–Trinajstić information content (AvgIpc) is 2.99. The first-order valence-electron chi connectivity index (χ1n) is 12.2. The first-order chi connectivity index (χ1) is 22.1. The normalized spacial score (nSPS) is 13.4. The summed E-state index contributed by atoms with van der Waals surface area (Å²) in [4.78, 5) is 4.13. The second kappa shape index (κ2) is 17.2. The van der Waals surface area contributed by atoms with Crippen molar-refractivity contribution in [2.24, 2.45) is 20.5 Å². The highest BCUT2D eigenvalue weighted by Gasteiger charge is 2.18. The van der Waals surface area contributed by atoms with Crippen molar-refractivity contribution >= 4 is 81.9 Å². The Morgan fingerprint density at radius 1 is 0.809 bits per heavy atom. The van der Waals surface area contributed by atoms with E-state index in [9.17, 15) is 34.0 Å². The first kappa shape index (κ1) is 38.1. The van der Waals surface area contributed by atoms with Crippen LogP contribution in [-0.2, 0) is 64.2 Å². The van der Waals surface area contributed by atoms with Crippen molar-refractivity contribution in [3.8, 4) is 0 Å². The highest BCUT2D eigenvalue weighted by atomic mass is 32.3. The number of nitrogen functional groups attached to an aromatic ring is 1. The topological polar surface area (TPSA) is 302 Å². The van der Waals surface area contributed by atoms with Gasteiger partial charge in [0.05, 0.1) is 58.7 Å². The fourth-order valence-electron chi connectivity index (χ4n) is 3.09. The lowest BCUT2D eigenvalue weighted by Gasteiger charge is -2.06. The van der Waals surface area contributed by atoms with Crippen LogP contribution in [0.25, 0.3) is 0 Å². The number of hydrogen-bond donors (Lipinski definition) is 4. The summed E-state index contributed by atoms with van der Waals surface area (Å²) in [5.74, 6) is -0.942. The van der Waals surface area contributed by atoms with Crippen LogP contribution in [0.15, 0.2) is 95.8 Å². The lowest BCUT2D eigenvalue weighted by molar-refractivity contribution is -0.435. The van der Waals surface area contributed by atoms with Gasteiger partial charge in [-0.15, -0.1) is 14.6 Å². The standard InChI is InChI=1S/C22H23N5O15S5/c23-19-7-3-16(13-21(19)27-24-15-1-5-18(6-2-15)45(30,31)12-10-39-47(35,36)37)25-26-20-8-4-17(14-22(20)46(32,33)34)43-41-38-9-11-44(29)42-40-28/h1-8,13-14,28H,9-12,23H2,(H,32,33,34)(H,35,36,37). The van der Waals surface area contributed by atoms with E-state index in [1.165, 1.54) is 54.6 Å². The highest BCUT2D eigenvalue weighted by Crippen LogP contribution is 2.34. The van der Waals surface area contributed by atoms with Gasteiger partial charge in [-0.25, -0.2) is 27.0 Å². The molecule has 0 radical (unpaired) electrons. The number of benzene rings is 3. The van der Waals surface area contributed by atoms with E-state index in [4.69, 9.17) is 24.8 Å². The second-order valence-corrected chi connectivity index (χ2v) is 15.0. The quantitative estimate of drug-likeness (QED) is 0.0271. The van der Waals surface area contributed by atoms with Crippen LogP contribution in [0.1, 0.15) is 0 Å². The smallest absolute Gasteiger partial charge is 0.397 e. The van der Waals surface area contributed by atoms with E-state index in [1.807, 2.05) is 0 Å². The van der Waals surface area contributed by atoms with Crippen molar-refractivity contribution in [3.05, 3.63) is 60.7 Å². The molecule has 47 heavy (non-hydrogen) atoms. The summed E-state index contributed by atoms with van der Waals surface area (Å²) >= 11 is -1.44. The molecule has 0 aliphatic carbocycles. The molecule has 20 nitrogen and oxygen atoms in total. The molecule has 0 aliphatic heterocycles. The zero-order chi connectivity index (χ0) is 34.7. The van der Waals surface area contributed by atoms with Gasteiger partial charge in [0.2, 0.25) is 0 Å². The second-order valence-electron chi connectivity index (χ2n) is 8.43. The Balaban J connectivity index is 1.69. The Labute approximate surface area is 273 Å². The zero-order valence-electron chi connectivity index (χ0n) is 23.2. The summed E-state index contributed by atoms with van der Waals surface area (Å²) in [7, 11) is -13.5. The summed E-state index contributed by atoms with van der Waals surface area (Å²) in [6.07, 6.45) is 0.